The number of fused-ring (bicyclic) bond motifs is 1. The molecule has 1 saturated carbocycles. The highest BCUT2D eigenvalue weighted by Gasteiger charge is 2.28. The number of amides is 1. The van der Waals surface area contributed by atoms with Crippen LogP contribution in [0.3, 0.4) is 0 Å². The molecule has 3 rings (SSSR count). The van der Waals surface area contributed by atoms with E-state index in [4.69, 9.17) is 15.2 Å². The number of likely N-dealkylation sites (N-methyl/N-ethyl adjacent to an activating group) is 1. The Morgan fingerprint density at radius 2 is 1.91 bits per heavy atom. The van der Waals surface area contributed by atoms with Gasteiger partial charge in [-0.25, -0.2) is 0 Å². The lowest BCUT2D eigenvalue weighted by Crippen LogP contribution is -2.46. The minimum atomic E-state index is -0.377. The Morgan fingerprint density at radius 3 is 2.65 bits per heavy atom. The first-order valence-corrected chi connectivity index (χ1v) is 8.54. The van der Waals surface area contributed by atoms with E-state index in [0.29, 0.717) is 25.7 Å². The van der Waals surface area contributed by atoms with E-state index < -0.39 is 0 Å². The van der Waals surface area contributed by atoms with Crippen LogP contribution in [-0.4, -0.2) is 37.1 Å². The first-order valence-electron chi connectivity index (χ1n) is 8.54. The van der Waals surface area contributed by atoms with E-state index in [2.05, 4.69) is 0 Å². The Hall–Kier alpha value is -1.75. The van der Waals surface area contributed by atoms with Crippen LogP contribution in [0, 0.1) is 5.92 Å². The van der Waals surface area contributed by atoms with Gasteiger partial charge in [0.1, 0.15) is 13.2 Å². The minimum absolute atomic E-state index is 0.0341. The summed E-state index contributed by atoms with van der Waals surface area (Å²) < 4.78 is 11.1. The van der Waals surface area contributed by atoms with Gasteiger partial charge in [-0.3, -0.25) is 4.79 Å². The van der Waals surface area contributed by atoms with Crippen LogP contribution in [0.4, 0.5) is 0 Å². The normalized spacial score (nSPS) is 19.2. The molecule has 1 heterocycles. The van der Waals surface area contributed by atoms with Crippen LogP contribution in [0.5, 0.6) is 11.5 Å². The van der Waals surface area contributed by atoms with Gasteiger partial charge in [-0.05, 0) is 36.5 Å². The minimum Gasteiger partial charge on any atom is -0.486 e. The van der Waals surface area contributed by atoms with Crippen LogP contribution in [-0.2, 0) is 11.3 Å². The van der Waals surface area contributed by atoms with Crippen LogP contribution in [0.25, 0.3) is 0 Å². The van der Waals surface area contributed by atoms with E-state index >= 15 is 0 Å². The highest BCUT2D eigenvalue weighted by atomic mass is 16.6. The van der Waals surface area contributed by atoms with Gasteiger partial charge in [0.2, 0.25) is 5.91 Å². The van der Waals surface area contributed by atoms with Crippen molar-refractivity contribution < 1.29 is 14.3 Å². The highest BCUT2D eigenvalue weighted by molar-refractivity contribution is 5.81. The molecule has 5 nitrogen and oxygen atoms in total. The second kappa shape index (κ2) is 7.21. The van der Waals surface area contributed by atoms with E-state index in [1.54, 1.807) is 4.90 Å². The smallest absolute Gasteiger partial charge is 0.239 e. The Labute approximate surface area is 137 Å². The van der Waals surface area contributed by atoms with E-state index in [1.807, 2.05) is 25.2 Å². The van der Waals surface area contributed by atoms with Crippen molar-refractivity contribution in [2.75, 3.05) is 20.3 Å². The molecule has 2 aliphatic rings. The number of benzene rings is 1. The third-order valence-corrected chi connectivity index (χ3v) is 4.85. The second-order valence-electron chi connectivity index (χ2n) is 6.60. The molecule has 1 atom stereocenters. The van der Waals surface area contributed by atoms with Crippen molar-refractivity contribution >= 4 is 5.91 Å². The maximum atomic E-state index is 12.6. The van der Waals surface area contributed by atoms with Crippen LogP contribution in [0.15, 0.2) is 18.2 Å². The molecule has 0 bridgehead atoms. The van der Waals surface area contributed by atoms with Gasteiger partial charge in [-0.15, -0.1) is 0 Å². The lowest BCUT2D eigenvalue weighted by Gasteiger charge is -2.30. The van der Waals surface area contributed by atoms with Gasteiger partial charge >= 0.3 is 0 Å². The molecule has 1 aliphatic carbocycles. The number of hydrogen-bond donors (Lipinski definition) is 1. The summed E-state index contributed by atoms with van der Waals surface area (Å²) in [5, 5.41) is 0. The Balaban J connectivity index is 1.61. The van der Waals surface area contributed by atoms with Crippen molar-refractivity contribution in [3.05, 3.63) is 23.8 Å². The fraction of sp³-hybridized carbons (Fsp3) is 0.611. The Morgan fingerprint density at radius 1 is 1.22 bits per heavy atom. The number of nitrogens with two attached hydrogens (primary N) is 1. The average Bonchev–Trinajstić information content (AvgIpc) is 2.61. The summed E-state index contributed by atoms with van der Waals surface area (Å²) in [6.45, 7) is 1.69. The van der Waals surface area contributed by atoms with Crippen molar-refractivity contribution in [3.8, 4) is 11.5 Å². The third-order valence-electron chi connectivity index (χ3n) is 4.85. The first-order chi connectivity index (χ1) is 11.1. The molecule has 0 aromatic heterocycles. The zero-order valence-electron chi connectivity index (χ0n) is 13.8. The molecule has 126 valence electrons. The molecule has 2 N–H and O–H groups in total. The number of nitrogens with zero attached hydrogens (tertiary/aromatic N) is 1. The van der Waals surface area contributed by atoms with Gasteiger partial charge in [0, 0.05) is 13.6 Å². The molecule has 0 spiro atoms. The number of carbonyl (C=O) groups excluding carboxylic acids is 1. The first kappa shape index (κ1) is 16.1. The SMILES string of the molecule is CN(Cc1ccc2c(c1)OCCO2)C(=O)[C@H](N)C1CCCCC1. The summed E-state index contributed by atoms with van der Waals surface area (Å²) in [5.41, 5.74) is 7.25. The van der Waals surface area contributed by atoms with Crippen molar-refractivity contribution in [1.29, 1.82) is 0 Å². The van der Waals surface area contributed by atoms with Crippen molar-refractivity contribution in [1.82, 2.24) is 4.90 Å². The summed E-state index contributed by atoms with van der Waals surface area (Å²) in [4.78, 5) is 14.3. The highest BCUT2D eigenvalue weighted by Crippen LogP contribution is 2.31. The molecule has 23 heavy (non-hydrogen) atoms. The lowest BCUT2D eigenvalue weighted by molar-refractivity contribution is -0.133. The molecule has 1 fully saturated rings. The fourth-order valence-electron chi connectivity index (χ4n) is 3.49. The van der Waals surface area contributed by atoms with Gasteiger partial charge in [0.05, 0.1) is 6.04 Å². The summed E-state index contributed by atoms with van der Waals surface area (Å²) in [7, 11) is 1.82. The predicted molar refractivity (Wildman–Crippen MR) is 88.5 cm³/mol. The third kappa shape index (κ3) is 3.78. The van der Waals surface area contributed by atoms with Crippen molar-refractivity contribution in [2.45, 2.75) is 44.7 Å². The zero-order valence-corrected chi connectivity index (χ0v) is 13.8. The van der Waals surface area contributed by atoms with E-state index in [0.717, 1.165) is 29.9 Å². The molecule has 1 aromatic rings. The monoisotopic (exact) mass is 318 g/mol. The Kier molecular flexibility index (Phi) is 5.06. The number of ether oxygens (including phenoxy) is 2. The van der Waals surface area contributed by atoms with Gasteiger partial charge in [-0.2, -0.15) is 0 Å². The molecule has 0 radical (unpaired) electrons. The molecule has 1 aromatic carbocycles. The fourth-order valence-corrected chi connectivity index (χ4v) is 3.49. The topological polar surface area (TPSA) is 64.8 Å². The number of rotatable bonds is 4. The van der Waals surface area contributed by atoms with Crippen molar-refractivity contribution in [3.63, 3.8) is 0 Å². The van der Waals surface area contributed by atoms with Crippen LogP contribution in [0.1, 0.15) is 37.7 Å². The maximum absolute atomic E-state index is 12.6. The summed E-state index contributed by atoms with van der Waals surface area (Å²) in [6, 6.07) is 5.45. The molecule has 0 saturated heterocycles. The standard InChI is InChI=1S/C18H26N2O3/c1-20(18(21)17(19)14-5-3-2-4-6-14)12-13-7-8-15-16(11-13)23-10-9-22-15/h7-8,11,14,17H,2-6,9-10,12,19H2,1H3/t17-/m1/s1. The molecule has 5 heteroatoms. The number of hydrogen-bond acceptors (Lipinski definition) is 4. The van der Waals surface area contributed by atoms with E-state index in [9.17, 15) is 4.79 Å². The van der Waals surface area contributed by atoms with Crippen LogP contribution in [0.2, 0.25) is 0 Å². The van der Waals surface area contributed by atoms with Gasteiger partial charge in [0.15, 0.2) is 11.5 Å². The predicted octanol–water partition coefficient (Wildman–Crippen LogP) is 2.32. The van der Waals surface area contributed by atoms with E-state index in [1.165, 1.54) is 19.3 Å². The molecular formula is C18H26N2O3. The summed E-state index contributed by atoms with van der Waals surface area (Å²) >= 11 is 0. The van der Waals surface area contributed by atoms with Gasteiger partial charge < -0.3 is 20.1 Å². The largest absolute Gasteiger partial charge is 0.486 e. The molecular weight excluding hydrogens is 292 g/mol. The van der Waals surface area contributed by atoms with Gasteiger partial charge in [-0.1, -0.05) is 25.3 Å². The second-order valence-corrected chi connectivity index (χ2v) is 6.60. The summed E-state index contributed by atoms with van der Waals surface area (Å²) in [5.74, 6) is 1.89. The molecule has 1 aliphatic heterocycles. The van der Waals surface area contributed by atoms with Gasteiger partial charge in [0.25, 0.3) is 0 Å². The van der Waals surface area contributed by atoms with Crippen LogP contribution >= 0.6 is 0 Å². The van der Waals surface area contributed by atoms with Crippen molar-refractivity contribution in [2.24, 2.45) is 11.7 Å². The maximum Gasteiger partial charge on any atom is 0.239 e. The molecule has 0 unspecified atom stereocenters. The summed E-state index contributed by atoms with van der Waals surface area (Å²) in [6.07, 6.45) is 5.80. The quantitative estimate of drug-likeness (QED) is 0.925. The number of carbonyl (C=O) groups is 1. The Bertz CT molecular complexity index is 555. The average molecular weight is 318 g/mol. The lowest BCUT2D eigenvalue weighted by atomic mass is 9.84. The zero-order chi connectivity index (χ0) is 16.2. The van der Waals surface area contributed by atoms with E-state index in [-0.39, 0.29) is 11.9 Å². The van der Waals surface area contributed by atoms with Crippen LogP contribution < -0.4 is 15.2 Å². The molecule has 1 amide bonds.